The van der Waals surface area contributed by atoms with Crippen LogP contribution in [0.2, 0.25) is 0 Å². The van der Waals surface area contributed by atoms with Gasteiger partial charge in [-0.2, -0.15) is 18.4 Å². The first kappa shape index (κ1) is 11.4. The van der Waals surface area contributed by atoms with Crippen LogP contribution in [0.3, 0.4) is 0 Å². The predicted octanol–water partition coefficient (Wildman–Crippen LogP) is 2.81. The Morgan fingerprint density at radius 3 is 2.60 bits per heavy atom. The maximum atomic E-state index is 11.9. The highest BCUT2D eigenvalue weighted by atomic mass is 19.4. The monoisotopic (exact) mass is 215 g/mol. The fraction of sp³-hybridized carbons (Fsp3) is 0.300. The minimum absolute atomic E-state index is 0.0326. The lowest BCUT2D eigenvalue weighted by atomic mass is 10.1. The van der Waals surface area contributed by atoms with Crippen LogP contribution in [0.5, 0.6) is 5.75 Å². The van der Waals surface area contributed by atoms with E-state index in [1.807, 2.05) is 0 Å². The number of hydrogen-bond acceptors (Lipinski definition) is 2. The lowest BCUT2D eigenvalue weighted by Gasteiger charge is -2.10. The van der Waals surface area contributed by atoms with Gasteiger partial charge in [0, 0.05) is 0 Å². The molecule has 0 radical (unpaired) electrons. The maximum absolute atomic E-state index is 11.9. The van der Waals surface area contributed by atoms with E-state index >= 15 is 0 Å². The van der Waals surface area contributed by atoms with E-state index in [4.69, 9.17) is 5.26 Å². The third-order valence-corrected chi connectivity index (χ3v) is 1.65. The number of nitriles is 1. The third kappa shape index (κ3) is 3.50. The highest BCUT2D eigenvalue weighted by molar-refractivity contribution is 5.44. The van der Waals surface area contributed by atoms with Crippen molar-refractivity contribution in [2.45, 2.75) is 13.1 Å². The average Bonchev–Trinajstić information content (AvgIpc) is 2.14. The molecule has 0 saturated carbocycles. The fourth-order valence-electron chi connectivity index (χ4n) is 1.00. The summed E-state index contributed by atoms with van der Waals surface area (Å²) in [4.78, 5) is 0. The van der Waals surface area contributed by atoms with Crippen LogP contribution >= 0.6 is 0 Å². The lowest BCUT2D eigenvalue weighted by molar-refractivity contribution is -0.153. The van der Waals surface area contributed by atoms with Gasteiger partial charge in [0.1, 0.15) is 11.8 Å². The van der Waals surface area contributed by atoms with Crippen LogP contribution < -0.4 is 4.74 Å². The second kappa shape index (κ2) is 4.22. The molecule has 1 aromatic rings. The predicted molar refractivity (Wildman–Crippen MR) is 47.4 cm³/mol. The Morgan fingerprint density at radius 1 is 1.40 bits per heavy atom. The molecule has 0 bridgehead atoms. The average molecular weight is 215 g/mol. The van der Waals surface area contributed by atoms with Crippen molar-refractivity contribution in [3.8, 4) is 11.8 Å². The van der Waals surface area contributed by atoms with Crippen LogP contribution in [0.4, 0.5) is 13.2 Å². The van der Waals surface area contributed by atoms with Crippen LogP contribution in [0.25, 0.3) is 0 Å². The Morgan fingerprint density at radius 2 is 2.07 bits per heavy atom. The molecule has 0 aliphatic carbocycles. The molecule has 0 N–H and O–H groups in total. The first-order valence-corrected chi connectivity index (χ1v) is 4.12. The maximum Gasteiger partial charge on any atom is 0.422 e. The summed E-state index contributed by atoms with van der Waals surface area (Å²) in [7, 11) is 0. The molecular formula is C10H8F3NO. The van der Waals surface area contributed by atoms with E-state index in [0.29, 0.717) is 0 Å². The van der Waals surface area contributed by atoms with Gasteiger partial charge in [0.25, 0.3) is 0 Å². The van der Waals surface area contributed by atoms with E-state index in [-0.39, 0.29) is 11.3 Å². The molecule has 0 unspecified atom stereocenters. The zero-order valence-electron chi connectivity index (χ0n) is 7.93. The molecule has 0 aromatic heterocycles. The number of aryl methyl sites for hydroxylation is 1. The van der Waals surface area contributed by atoms with Crippen molar-refractivity contribution >= 4 is 0 Å². The summed E-state index contributed by atoms with van der Waals surface area (Å²) in [6, 6.07) is 6.24. The third-order valence-electron chi connectivity index (χ3n) is 1.65. The molecule has 1 aromatic carbocycles. The summed E-state index contributed by atoms with van der Waals surface area (Å²) in [5.74, 6) is -0.0326. The molecule has 0 atom stereocenters. The molecule has 0 amide bonds. The summed E-state index contributed by atoms with van der Waals surface area (Å²) < 4.78 is 40.1. The Hall–Kier alpha value is -1.70. The SMILES string of the molecule is Cc1ccc(C#N)c(OCC(F)(F)F)c1. The number of halogens is 3. The fourth-order valence-corrected chi connectivity index (χ4v) is 1.00. The molecule has 15 heavy (non-hydrogen) atoms. The highest BCUT2D eigenvalue weighted by Crippen LogP contribution is 2.22. The van der Waals surface area contributed by atoms with Crippen LogP contribution in [-0.2, 0) is 0 Å². The Kier molecular flexibility index (Phi) is 3.20. The number of nitrogens with zero attached hydrogens (tertiary/aromatic N) is 1. The van der Waals surface area contributed by atoms with E-state index in [0.717, 1.165) is 5.56 Å². The summed E-state index contributed by atoms with van der Waals surface area (Å²) in [6.07, 6.45) is -4.39. The number of benzene rings is 1. The Labute approximate surface area is 84.9 Å². The topological polar surface area (TPSA) is 33.0 Å². The smallest absolute Gasteiger partial charge is 0.422 e. The molecule has 5 heteroatoms. The summed E-state index contributed by atoms with van der Waals surface area (Å²) in [6.45, 7) is 0.326. The number of rotatable bonds is 2. The van der Waals surface area contributed by atoms with Gasteiger partial charge in [-0.1, -0.05) is 6.07 Å². The van der Waals surface area contributed by atoms with Crippen molar-refractivity contribution in [1.82, 2.24) is 0 Å². The zero-order chi connectivity index (χ0) is 11.5. The van der Waals surface area contributed by atoms with Crippen LogP contribution in [0, 0.1) is 18.3 Å². The van der Waals surface area contributed by atoms with Crippen molar-refractivity contribution in [2.24, 2.45) is 0 Å². The normalized spacial score (nSPS) is 10.9. The Balaban J connectivity index is 2.85. The zero-order valence-corrected chi connectivity index (χ0v) is 7.93. The molecular weight excluding hydrogens is 207 g/mol. The lowest BCUT2D eigenvalue weighted by Crippen LogP contribution is -2.19. The largest absolute Gasteiger partial charge is 0.483 e. The van der Waals surface area contributed by atoms with Crippen LogP contribution in [0.1, 0.15) is 11.1 Å². The van der Waals surface area contributed by atoms with Crippen LogP contribution in [-0.4, -0.2) is 12.8 Å². The van der Waals surface area contributed by atoms with Gasteiger partial charge in [0.2, 0.25) is 0 Å². The minimum atomic E-state index is -4.39. The number of alkyl halides is 3. The van der Waals surface area contributed by atoms with E-state index in [1.165, 1.54) is 12.1 Å². The number of ether oxygens (including phenoxy) is 1. The molecule has 0 heterocycles. The quantitative estimate of drug-likeness (QED) is 0.759. The molecule has 0 aliphatic heterocycles. The summed E-state index contributed by atoms with van der Waals surface area (Å²) in [5, 5.41) is 8.63. The van der Waals surface area contributed by atoms with Gasteiger partial charge in [-0.05, 0) is 24.6 Å². The van der Waals surface area contributed by atoms with E-state index in [2.05, 4.69) is 4.74 Å². The standard InChI is InChI=1S/C10H8F3NO/c1-7-2-3-8(5-14)9(4-7)15-6-10(11,12)13/h2-4H,6H2,1H3. The van der Waals surface area contributed by atoms with Crippen LogP contribution in [0.15, 0.2) is 18.2 Å². The van der Waals surface area contributed by atoms with Crippen molar-refractivity contribution in [1.29, 1.82) is 5.26 Å². The molecule has 2 nitrogen and oxygen atoms in total. The van der Waals surface area contributed by atoms with Crippen molar-refractivity contribution < 1.29 is 17.9 Å². The van der Waals surface area contributed by atoms with E-state index in [1.54, 1.807) is 19.1 Å². The van der Waals surface area contributed by atoms with E-state index < -0.39 is 12.8 Å². The molecule has 1 rings (SSSR count). The van der Waals surface area contributed by atoms with Gasteiger partial charge in [-0.25, -0.2) is 0 Å². The summed E-state index contributed by atoms with van der Waals surface area (Å²) >= 11 is 0. The van der Waals surface area contributed by atoms with Gasteiger partial charge in [-0.3, -0.25) is 0 Å². The number of hydrogen-bond donors (Lipinski definition) is 0. The Bertz CT molecular complexity index is 393. The second-order valence-electron chi connectivity index (χ2n) is 3.02. The molecule has 0 fully saturated rings. The van der Waals surface area contributed by atoms with Crippen molar-refractivity contribution in [2.75, 3.05) is 6.61 Å². The van der Waals surface area contributed by atoms with Gasteiger partial charge in [-0.15, -0.1) is 0 Å². The summed E-state index contributed by atoms with van der Waals surface area (Å²) in [5.41, 5.74) is 0.844. The van der Waals surface area contributed by atoms with Gasteiger partial charge in [0.05, 0.1) is 5.56 Å². The molecule has 0 spiro atoms. The minimum Gasteiger partial charge on any atom is -0.483 e. The van der Waals surface area contributed by atoms with E-state index in [9.17, 15) is 13.2 Å². The van der Waals surface area contributed by atoms with Crippen molar-refractivity contribution in [3.05, 3.63) is 29.3 Å². The molecule has 80 valence electrons. The molecule has 0 aliphatic rings. The van der Waals surface area contributed by atoms with Gasteiger partial charge < -0.3 is 4.74 Å². The van der Waals surface area contributed by atoms with Gasteiger partial charge in [0.15, 0.2) is 6.61 Å². The molecule has 0 saturated heterocycles. The van der Waals surface area contributed by atoms with Gasteiger partial charge >= 0.3 is 6.18 Å². The highest BCUT2D eigenvalue weighted by Gasteiger charge is 2.28. The first-order chi connectivity index (χ1) is 6.92. The second-order valence-corrected chi connectivity index (χ2v) is 3.02. The first-order valence-electron chi connectivity index (χ1n) is 4.12. The van der Waals surface area contributed by atoms with Crippen molar-refractivity contribution in [3.63, 3.8) is 0 Å².